The Bertz CT molecular complexity index is 1370. The van der Waals surface area contributed by atoms with Crippen LogP contribution in [0.5, 0.6) is 11.5 Å². The molecule has 2 amide bonds. The van der Waals surface area contributed by atoms with Crippen LogP contribution in [0.25, 0.3) is 11.0 Å². The van der Waals surface area contributed by atoms with Gasteiger partial charge in [0.2, 0.25) is 0 Å². The molecule has 2 aromatic heterocycles. The lowest BCUT2D eigenvalue weighted by atomic mass is 10.1. The fourth-order valence-electron chi connectivity index (χ4n) is 4.76. The summed E-state index contributed by atoms with van der Waals surface area (Å²) in [5.41, 5.74) is 3.42. The van der Waals surface area contributed by atoms with Gasteiger partial charge in [0.1, 0.15) is 11.3 Å². The van der Waals surface area contributed by atoms with Crippen molar-refractivity contribution in [2.75, 3.05) is 44.2 Å². The van der Waals surface area contributed by atoms with Crippen LogP contribution >= 0.6 is 0 Å². The molecule has 0 aliphatic carbocycles. The molecule has 2 aliphatic rings. The standard InChI is InChI=1S/C24H25F2N6O3/c1-27-14-5-6-31(11-14)12-15-7-16-21-13(9-28-23(16)29-15)10-32(24(33)30(21)2)22-19(25)17(34-3)8-18(35-4)20(22)26/h7-9H,1,5-6,10-12H2,2-4H3,(H,28,29)/q+1. The molecule has 2 aliphatic heterocycles. The number of halogens is 2. The number of anilines is 2. The van der Waals surface area contributed by atoms with E-state index in [1.165, 1.54) is 19.1 Å². The van der Waals surface area contributed by atoms with E-state index in [-0.39, 0.29) is 18.0 Å². The Morgan fingerprint density at radius 2 is 1.86 bits per heavy atom. The van der Waals surface area contributed by atoms with E-state index < -0.39 is 23.4 Å². The van der Waals surface area contributed by atoms with Gasteiger partial charge in [0, 0.05) is 49.0 Å². The quantitative estimate of drug-likeness (QED) is 0.446. The summed E-state index contributed by atoms with van der Waals surface area (Å²) < 4.78 is 44.4. The van der Waals surface area contributed by atoms with Gasteiger partial charge in [0.05, 0.1) is 39.4 Å². The lowest BCUT2D eigenvalue weighted by molar-refractivity contribution is 0.250. The zero-order chi connectivity index (χ0) is 24.9. The predicted octanol–water partition coefficient (Wildman–Crippen LogP) is 2.85. The van der Waals surface area contributed by atoms with E-state index in [2.05, 4.69) is 26.3 Å². The first kappa shape index (κ1) is 22.8. The van der Waals surface area contributed by atoms with Gasteiger partial charge in [0.25, 0.3) is 12.4 Å². The largest absolute Gasteiger partial charge is 0.493 e. The van der Waals surface area contributed by atoms with Gasteiger partial charge in [-0.2, -0.15) is 0 Å². The number of benzene rings is 1. The number of hydrogen-bond acceptors (Lipinski definition) is 5. The van der Waals surface area contributed by atoms with E-state index in [1.54, 1.807) is 13.2 Å². The van der Waals surface area contributed by atoms with Crippen molar-refractivity contribution in [3.05, 3.63) is 41.2 Å². The predicted molar refractivity (Wildman–Crippen MR) is 130 cm³/mol. The SMILES string of the molecule is C=[N+]=C1CCN(Cc2cc3c4c(cnc3[nH]2)CN(c2c(F)c(OC)cc(OC)c2F)C(=O)N4C)C1. The molecule has 182 valence electrons. The monoisotopic (exact) mass is 483 g/mol. The van der Waals surface area contributed by atoms with E-state index in [9.17, 15) is 4.79 Å². The molecule has 0 bridgehead atoms. The Labute approximate surface area is 200 Å². The number of likely N-dealkylation sites (tertiary alicyclic amines) is 1. The minimum atomic E-state index is -0.982. The van der Waals surface area contributed by atoms with Crippen LogP contribution in [0.3, 0.4) is 0 Å². The van der Waals surface area contributed by atoms with Crippen molar-refractivity contribution in [1.29, 1.82) is 0 Å². The molecule has 0 radical (unpaired) electrons. The topological polar surface area (TPSA) is 88.0 Å². The number of nitrogens with one attached hydrogen (secondary N) is 1. The molecule has 1 saturated heterocycles. The van der Waals surface area contributed by atoms with Gasteiger partial charge in [-0.05, 0) is 6.07 Å². The van der Waals surface area contributed by atoms with Gasteiger partial charge < -0.3 is 14.5 Å². The van der Waals surface area contributed by atoms with Crippen LogP contribution in [0.4, 0.5) is 25.0 Å². The number of aromatic amines is 1. The molecular weight excluding hydrogens is 458 g/mol. The van der Waals surface area contributed by atoms with Gasteiger partial charge >= 0.3 is 6.03 Å². The Morgan fingerprint density at radius 1 is 1.14 bits per heavy atom. The molecule has 5 rings (SSSR count). The first-order valence-corrected chi connectivity index (χ1v) is 11.0. The van der Waals surface area contributed by atoms with Crippen LogP contribution in [0.2, 0.25) is 0 Å². The third-order valence-corrected chi connectivity index (χ3v) is 6.50. The van der Waals surface area contributed by atoms with Crippen molar-refractivity contribution >= 4 is 40.9 Å². The summed E-state index contributed by atoms with van der Waals surface area (Å²) >= 11 is 0. The van der Waals surface area contributed by atoms with Gasteiger partial charge in [-0.25, -0.2) is 18.6 Å². The number of amides is 2. The van der Waals surface area contributed by atoms with Gasteiger partial charge in [-0.3, -0.25) is 14.7 Å². The van der Waals surface area contributed by atoms with Crippen molar-refractivity contribution in [2.45, 2.75) is 19.5 Å². The van der Waals surface area contributed by atoms with Crippen LogP contribution in [0.15, 0.2) is 18.3 Å². The minimum absolute atomic E-state index is 0.0679. The first-order valence-electron chi connectivity index (χ1n) is 11.0. The maximum atomic E-state index is 15.1. The molecule has 0 atom stereocenters. The summed E-state index contributed by atoms with van der Waals surface area (Å²) in [6.45, 7) is 5.87. The van der Waals surface area contributed by atoms with Crippen LogP contribution in [0.1, 0.15) is 17.7 Å². The Kier molecular flexibility index (Phi) is 5.66. The zero-order valence-electron chi connectivity index (χ0n) is 19.7. The number of aromatic nitrogens is 2. The van der Waals surface area contributed by atoms with Gasteiger partial charge in [0.15, 0.2) is 23.1 Å². The Balaban J connectivity index is 1.53. The molecule has 9 nitrogen and oxygen atoms in total. The number of hydrogen-bond donors (Lipinski definition) is 1. The normalized spacial score (nSPS) is 16.1. The number of fused-ring (bicyclic) bond motifs is 3. The zero-order valence-corrected chi connectivity index (χ0v) is 19.7. The molecule has 4 heterocycles. The summed E-state index contributed by atoms with van der Waals surface area (Å²) in [5, 5.41) is 0.766. The van der Waals surface area contributed by atoms with Crippen molar-refractivity contribution in [1.82, 2.24) is 19.5 Å². The average molecular weight is 483 g/mol. The van der Waals surface area contributed by atoms with Crippen molar-refractivity contribution < 1.29 is 23.0 Å². The number of rotatable bonds is 5. The second-order valence-electron chi connectivity index (χ2n) is 8.56. The van der Waals surface area contributed by atoms with E-state index in [4.69, 9.17) is 9.47 Å². The maximum Gasteiger partial charge on any atom is 0.329 e. The molecule has 0 unspecified atom stereocenters. The number of ether oxygens (including phenoxy) is 2. The smallest absolute Gasteiger partial charge is 0.329 e. The number of urea groups is 1. The van der Waals surface area contributed by atoms with Gasteiger partial charge in [-0.15, -0.1) is 4.67 Å². The molecule has 3 aromatic rings. The second-order valence-corrected chi connectivity index (χ2v) is 8.56. The Morgan fingerprint density at radius 3 is 2.49 bits per heavy atom. The number of pyridine rings is 1. The number of carbonyl (C=O) groups excluding carboxylic acids is 1. The average Bonchev–Trinajstić information content (AvgIpc) is 3.48. The molecule has 0 saturated carbocycles. The van der Waals surface area contributed by atoms with Crippen molar-refractivity contribution in [2.24, 2.45) is 0 Å². The molecule has 1 aromatic carbocycles. The van der Waals surface area contributed by atoms with E-state index in [0.717, 1.165) is 47.3 Å². The highest BCUT2D eigenvalue weighted by molar-refractivity contribution is 6.11. The van der Waals surface area contributed by atoms with E-state index in [0.29, 0.717) is 23.4 Å². The van der Waals surface area contributed by atoms with Crippen molar-refractivity contribution in [3.63, 3.8) is 0 Å². The van der Waals surface area contributed by atoms with E-state index in [1.807, 2.05) is 6.07 Å². The lowest BCUT2D eigenvalue weighted by Gasteiger charge is -2.35. The number of methoxy groups -OCH3 is 2. The third kappa shape index (κ3) is 3.69. The first-order chi connectivity index (χ1) is 16.9. The molecule has 1 N–H and O–H groups in total. The molecular formula is C24H25F2N6O3+. The second kappa shape index (κ2) is 8.68. The Hall–Kier alpha value is -3.95. The fraction of sp³-hybridized carbons (Fsp3) is 0.333. The van der Waals surface area contributed by atoms with Crippen LogP contribution < -0.4 is 23.9 Å². The lowest BCUT2D eigenvalue weighted by Crippen LogP contribution is -2.46. The molecule has 0 spiro atoms. The molecule has 1 fully saturated rings. The van der Waals surface area contributed by atoms with Crippen LogP contribution in [-0.2, 0) is 13.1 Å². The van der Waals surface area contributed by atoms with Crippen LogP contribution in [-0.4, -0.2) is 67.7 Å². The summed E-state index contributed by atoms with van der Waals surface area (Å²) in [5.74, 6) is -2.41. The summed E-state index contributed by atoms with van der Waals surface area (Å²) in [7, 11) is 4.10. The van der Waals surface area contributed by atoms with Crippen molar-refractivity contribution in [3.8, 4) is 11.5 Å². The maximum absolute atomic E-state index is 15.1. The highest BCUT2D eigenvalue weighted by atomic mass is 19.1. The fourth-order valence-corrected chi connectivity index (χ4v) is 4.76. The van der Waals surface area contributed by atoms with E-state index >= 15 is 8.78 Å². The summed E-state index contributed by atoms with van der Waals surface area (Å²) in [6, 6.07) is 2.49. The number of nitrogens with zero attached hydrogens (tertiary/aromatic N) is 5. The molecule has 11 heteroatoms. The third-order valence-electron chi connectivity index (χ3n) is 6.50. The van der Waals surface area contributed by atoms with Gasteiger partial charge in [-0.1, -0.05) is 0 Å². The van der Waals surface area contributed by atoms with Crippen LogP contribution in [0, 0.1) is 11.6 Å². The highest BCUT2D eigenvalue weighted by Crippen LogP contribution is 2.42. The molecule has 35 heavy (non-hydrogen) atoms. The number of H-pyrrole nitrogens is 1. The summed E-state index contributed by atoms with van der Waals surface area (Å²) in [6.07, 6.45) is 2.51. The highest BCUT2D eigenvalue weighted by Gasteiger charge is 2.36. The summed E-state index contributed by atoms with van der Waals surface area (Å²) in [4.78, 5) is 25.9. The minimum Gasteiger partial charge on any atom is -0.493 e. The number of carbonyl (C=O) groups is 1.